The van der Waals surface area contributed by atoms with Gasteiger partial charge in [0, 0.05) is 21.9 Å². The molecule has 134 valence electrons. The molecule has 3 aromatic rings. The molecule has 0 unspecified atom stereocenters. The van der Waals surface area contributed by atoms with Gasteiger partial charge in [-0.1, -0.05) is 59.1 Å². The Morgan fingerprint density at radius 3 is 2.58 bits per heavy atom. The summed E-state index contributed by atoms with van der Waals surface area (Å²) in [5.74, 6) is 0.475. The van der Waals surface area contributed by atoms with Crippen LogP contribution in [0.4, 0.5) is 11.5 Å². The van der Waals surface area contributed by atoms with Gasteiger partial charge in [-0.3, -0.25) is 4.68 Å². The number of para-hydroxylation sites is 1. The number of anilines is 2. The van der Waals surface area contributed by atoms with Crippen molar-refractivity contribution in [2.24, 2.45) is 0 Å². The first kappa shape index (κ1) is 19.0. The zero-order chi connectivity index (χ0) is 18.7. The van der Waals surface area contributed by atoms with Crippen molar-refractivity contribution in [3.63, 3.8) is 0 Å². The van der Waals surface area contributed by atoms with Crippen LogP contribution in [0.1, 0.15) is 11.1 Å². The maximum absolute atomic E-state index is 6.27. The van der Waals surface area contributed by atoms with E-state index in [1.165, 1.54) is 0 Å². The lowest BCUT2D eigenvalue weighted by Crippen LogP contribution is -2.20. The van der Waals surface area contributed by atoms with Crippen LogP contribution in [0.2, 0.25) is 15.1 Å². The molecule has 2 aromatic carbocycles. The number of hydrogen-bond donors (Lipinski definition) is 2. The number of rotatable bonds is 4. The number of nitrogens with one attached hydrogen (secondary N) is 2. The van der Waals surface area contributed by atoms with Gasteiger partial charge in [-0.15, -0.1) is 0 Å². The quantitative estimate of drug-likeness (QED) is 0.502. The lowest BCUT2D eigenvalue weighted by Gasteiger charge is -2.11. The second-order valence-corrected chi connectivity index (χ2v) is 7.31. The fourth-order valence-electron chi connectivity index (χ4n) is 2.36. The summed E-state index contributed by atoms with van der Waals surface area (Å²) in [5.41, 5.74) is 2.90. The van der Waals surface area contributed by atoms with Crippen molar-refractivity contribution in [2.45, 2.75) is 13.5 Å². The molecule has 0 saturated heterocycles. The van der Waals surface area contributed by atoms with Crippen LogP contribution < -0.4 is 10.6 Å². The third kappa shape index (κ3) is 4.68. The minimum atomic E-state index is 0.413. The number of thiocarbonyl (C=S) groups is 1. The Morgan fingerprint density at radius 1 is 1.08 bits per heavy atom. The average molecular weight is 426 g/mol. The highest BCUT2D eigenvalue weighted by Gasteiger charge is 2.11. The molecule has 0 aliphatic carbocycles. The van der Waals surface area contributed by atoms with Crippen LogP contribution in [0.3, 0.4) is 0 Å². The van der Waals surface area contributed by atoms with E-state index in [9.17, 15) is 0 Å². The lowest BCUT2D eigenvalue weighted by atomic mass is 10.2. The average Bonchev–Trinajstić information content (AvgIpc) is 2.92. The Hall–Kier alpha value is -1.79. The van der Waals surface area contributed by atoms with Gasteiger partial charge < -0.3 is 10.6 Å². The highest BCUT2D eigenvalue weighted by atomic mass is 35.5. The number of nitrogens with zero attached hydrogens (tertiary/aromatic N) is 2. The van der Waals surface area contributed by atoms with Crippen molar-refractivity contribution in [3.05, 3.63) is 74.9 Å². The van der Waals surface area contributed by atoms with Crippen molar-refractivity contribution in [3.8, 4) is 0 Å². The summed E-state index contributed by atoms with van der Waals surface area (Å²) in [6, 6.07) is 13.2. The molecular weight excluding hydrogens is 411 g/mol. The highest BCUT2D eigenvalue weighted by Crippen LogP contribution is 2.24. The van der Waals surface area contributed by atoms with Crippen LogP contribution in [0.25, 0.3) is 0 Å². The monoisotopic (exact) mass is 424 g/mol. The van der Waals surface area contributed by atoms with E-state index in [-0.39, 0.29) is 0 Å². The highest BCUT2D eigenvalue weighted by molar-refractivity contribution is 7.80. The van der Waals surface area contributed by atoms with Gasteiger partial charge in [-0.25, -0.2) is 0 Å². The van der Waals surface area contributed by atoms with Gasteiger partial charge >= 0.3 is 0 Å². The van der Waals surface area contributed by atoms with E-state index in [1.54, 1.807) is 23.0 Å². The summed E-state index contributed by atoms with van der Waals surface area (Å²) in [6.45, 7) is 2.47. The molecule has 1 aromatic heterocycles. The predicted molar refractivity (Wildman–Crippen MR) is 114 cm³/mol. The maximum Gasteiger partial charge on any atom is 0.176 e. The lowest BCUT2D eigenvalue weighted by molar-refractivity contribution is 0.690. The third-order valence-electron chi connectivity index (χ3n) is 3.69. The second kappa shape index (κ2) is 8.27. The molecule has 0 spiro atoms. The molecule has 8 heteroatoms. The fourth-order valence-corrected chi connectivity index (χ4v) is 3.23. The van der Waals surface area contributed by atoms with Crippen LogP contribution in [0, 0.1) is 6.92 Å². The molecule has 0 aliphatic rings. The molecule has 3 rings (SSSR count). The molecule has 1 heterocycles. The first-order valence-corrected chi connectivity index (χ1v) is 9.27. The Balaban J connectivity index is 1.70. The van der Waals surface area contributed by atoms with Crippen molar-refractivity contribution >= 4 is 63.6 Å². The van der Waals surface area contributed by atoms with Gasteiger partial charge in [0.05, 0.1) is 6.54 Å². The summed E-state index contributed by atoms with van der Waals surface area (Å²) < 4.78 is 1.69. The molecule has 2 N–H and O–H groups in total. The zero-order valence-electron chi connectivity index (χ0n) is 13.8. The first-order valence-electron chi connectivity index (χ1n) is 7.73. The van der Waals surface area contributed by atoms with Crippen LogP contribution in [0.15, 0.2) is 48.7 Å². The molecule has 0 radical (unpaired) electrons. The van der Waals surface area contributed by atoms with Crippen LogP contribution in [-0.2, 0) is 6.54 Å². The molecule has 0 bridgehead atoms. The summed E-state index contributed by atoms with van der Waals surface area (Å²) in [6.07, 6.45) is 1.71. The Kier molecular flexibility index (Phi) is 6.04. The van der Waals surface area contributed by atoms with Crippen LogP contribution in [-0.4, -0.2) is 14.9 Å². The second-order valence-electron chi connectivity index (χ2n) is 5.65. The van der Waals surface area contributed by atoms with Crippen molar-refractivity contribution in [1.29, 1.82) is 0 Å². The van der Waals surface area contributed by atoms with E-state index in [4.69, 9.17) is 47.0 Å². The number of halogens is 3. The minimum Gasteiger partial charge on any atom is -0.332 e. The van der Waals surface area contributed by atoms with Crippen LogP contribution >= 0.6 is 47.0 Å². The Labute approximate surface area is 172 Å². The molecule has 26 heavy (non-hydrogen) atoms. The van der Waals surface area contributed by atoms with Crippen molar-refractivity contribution < 1.29 is 0 Å². The maximum atomic E-state index is 6.27. The Bertz CT molecular complexity index is 955. The van der Waals surface area contributed by atoms with Gasteiger partial charge in [0.2, 0.25) is 0 Å². The van der Waals surface area contributed by atoms with E-state index in [0.29, 0.717) is 32.5 Å². The summed E-state index contributed by atoms with van der Waals surface area (Å²) in [4.78, 5) is 0. The standard InChI is InChI=1S/C18H15Cl3N4S/c1-11-4-2-3-5-16(11)22-18(26)23-17-15(21)10-25(24-17)9-12-6-7-13(19)8-14(12)20/h2-8,10H,9H2,1H3,(H2,22,23,24,26). The molecule has 0 saturated carbocycles. The van der Waals surface area contributed by atoms with Gasteiger partial charge in [-0.2, -0.15) is 5.10 Å². The van der Waals surface area contributed by atoms with E-state index >= 15 is 0 Å². The number of hydrogen-bond acceptors (Lipinski definition) is 2. The predicted octanol–water partition coefficient (Wildman–Crippen LogP) is 6.01. The molecule has 4 nitrogen and oxygen atoms in total. The van der Waals surface area contributed by atoms with Crippen molar-refractivity contribution in [1.82, 2.24) is 9.78 Å². The smallest absolute Gasteiger partial charge is 0.176 e. The topological polar surface area (TPSA) is 41.9 Å². The summed E-state index contributed by atoms with van der Waals surface area (Å²) in [5, 5.41) is 12.6. The largest absolute Gasteiger partial charge is 0.332 e. The van der Waals surface area contributed by atoms with Gasteiger partial charge in [0.25, 0.3) is 0 Å². The zero-order valence-corrected chi connectivity index (χ0v) is 16.8. The Morgan fingerprint density at radius 2 is 1.85 bits per heavy atom. The van der Waals surface area contributed by atoms with E-state index in [0.717, 1.165) is 16.8 Å². The molecule has 0 fully saturated rings. The summed E-state index contributed by atoms with van der Waals surface area (Å²) >= 11 is 23.7. The minimum absolute atomic E-state index is 0.413. The third-order valence-corrected chi connectivity index (χ3v) is 4.76. The SMILES string of the molecule is Cc1ccccc1NC(=S)Nc1nn(Cc2ccc(Cl)cc2Cl)cc1Cl. The fraction of sp³-hybridized carbons (Fsp3) is 0.111. The van der Waals surface area contributed by atoms with Crippen molar-refractivity contribution in [2.75, 3.05) is 10.6 Å². The number of aromatic nitrogens is 2. The molecule has 0 amide bonds. The van der Waals surface area contributed by atoms with Gasteiger partial charge in [-0.05, 0) is 48.5 Å². The number of benzene rings is 2. The molecule has 0 atom stereocenters. The first-order chi connectivity index (χ1) is 12.4. The van der Waals surface area contributed by atoms with Crippen LogP contribution in [0.5, 0.6) is 0 Å². The number of aryl methyl sites for hydroxylation is 1. The molecular formula is C18H15Cl3N4S. The van der Waals surface area contributed by atoms with E-state index < -0.39 is 0 Å². The molecule has 0 aliphatic heterocycles. The van der Waals surface area contributed by atoms with Gasteiger partial charge in [0.15, 0.2) is 10.9 Å². The normalized spacial score (nSPS) is 10.6. The van der Waals surface area contributed by atoms with Gasteiger partial charge in [0.1, 0.15) is 5.02 Å². The summed E-state index contributed by atoms with van der Waals surface area (Å²) in [7, 11) is 0. The van der Waals surface area contributed by atoms with E-state index in [1.807, 2.05) is 37.3 Å². The van der Waals surface area contributed by atoms with E-state index in [2.05, 4.69) is 15.7 Å².